The molecule has 7 nitrogen and oxygen atoms in total. The fourth-order valence-electron chi connectivity index (χ4n) is 5.18. The second-order valence-corrected chi connectivity index (χ2v) is 13.0. The first-order valence-electron chi connectivity index (χ1n) is 19.7. The maximum Gasteiger partial charge on any atom is 0.306 e. The number of carbonyl (C=O) groups excluding carboxylic acids is 2. The Kier molecular flexibility index (Phi) is 35.5. The molecular formula is C43H72O7. The number of hydrogen-bond donors (Lipinski definition) is 3. The van der Waals surface area contributed by atoms with Crippen LogP contribution in [0.3, 0.4) is 0 Å². The third kappa shape index (κ3) is 35.1. The molecule has 3 atom stereocenters. The van der Waals surface area contributed by atoms with Crippen molar-refractivity contribution in [3.05, 3.63) is 72.9 Å². The monoisotopic (exact) mass is 701 g/mol. The normalized spacial score (nSPS) is 14.3. The minimum atomic E-state index is -0.844. The lowest BCUT2D eigenvalue weighted by Gasteiger charge is -2.15. The highest BCUT2D eigenvalue weighted by Gasteiger charge is 2.16. The molecule has 0 aliphatic heterocycles. The van der Waals surface area contributed by atoms with Crippen LogP contribution in [-0.2, 0) is 19.1 Å². The molecule has 0 amide bonds. The molecule has 0 unspecified atom stereocenters. The van der Waals surface area contributed by atoms with Gasteiger partial charge < -0.3 is 24.8 Å². The SMILES string of the molecule is CC/C=C\C[C@@H](O)/C=C/C=C\C/C=C\C=C\[C@@H](O)/C=C\CCCC(=O)OC[C@H](CO)OC(=O)CCCCCCCCCCCCCCCCC. The van der Waals surface area contributed by atoms with Gasteiger partial charge in [0.1, 0.15) is 6.61 Å². The summed E-state index contributed by atoms with van der Waals surface area (Å²) in [5.74, 6) is -0.776. The Labute approximate surface area is 305 Å². The Morgan fingerprint density at radius 3 is 1.74 bits per heavy atom. The van der Waals surface area contributed by atoms with E-state index in [2.05, 4.69) is 13.8 Å². The molecule has 0 bridgehead atoms. The number of aliphatic hydroxyl groups is 3. The van der Waals surface area contributed by atoms with Crippen LogP contribution >= 0.6 is 0 Å². The predicted molar refractivity (Wildman–Crippen MR) is 208 cm³/mol. The lowest BCUT2D eigenvalue weighted by Crippen LogP contribution is -2.28. The van der Waals surface area contributed by atoms with Crippen LogP contribution in [0.5, 0.6) is 0 Å². The molecule has 50 heavy (non-hydrogen) atoms. The zero-order valence-corrected chi connectivity index (χ0v) is 31.6. The van der Waals surface area contributed by atoms with Gasteiger partial charge in [-0.15, -0.1) is 0 Å². The first-order valence-corrected chi connectivity index (χ1v) is 19.7. The van der Waals surface area contributed by atoms with Crippen molar-refractivity contribution in [3.63, 3.8) is 0 Å². The third-order valence-electron chi connectivity index (χ3n) is 8.19. The molecule has 0 aliphatic rings. The molecule has 0 rings (SSSR count). The maximum atomic E-state index is 12.2. The van der Waals surface area contributed by atoms with Gasteiger partial charge in [0.15, 0.2) is 6.10 Å². The predicted octanol–water partition coefficient (Wildman–Crippen LogP) is 10.1. The zero-order chi connectivity index (χ0) is 36.8. The van der Waals surface area contributed by atoms with Gasteiger partial charge in [0, 0.05) is 12.8 Å². The summed E-state index contributed by atoms with van der Waals surface area (Å²) in [5, 5.41) is 29.4. The smallest absolute Gasteiger partial charge is 0.306 e. The number of carbonyl (C=O) groups is 2. The van der Waals surface area contributed by atoms with Gasteiger partial charge in [-0.05, 0) is 38.5 Å². The number of ether oxygens (including phenoxy) is 2. The van der Waals surface area contributed by atoms with Crippen molar-refractivity contribution in [2.75, 3.05) is 13.2 Å². The summed E-state index contributed by atoms with van der Waals surface area (Å²) in [6.07, 6.45) is 43.2. The number of unbranched alkanes of at least 4 members (excludes halogenated alkanes) is 15. The molecule has 286 valence electrons. The van der Waals surface area contributed by atoms with Crippen LogP contribution in [0.2, 0.25) is 0 Å². The van der Waals surface area contributed by atoms with E-state index < -0.39 is 30.9 Å². The summed E-state index contributed by atoms with van der Waals surface area (Å²) in [7, 11) is 0. The van der Waals surface area contributed by atoms with E-state index in [1.54, 1.807) is 24.3 Å². The standard InChI is InChI=1S/C43H72O7/c1-3-5-7-8-9-10-11-12-13-14-15-16-20-23-29-36-43(48)50-41(37-44)38-49-42(47)35-30-24-28-34-40(46)33-27-22-19-17-18-21-26-32-39(45)31-25-6-4-2/h6,18-19,21-22,25-28,32-34,39-41,44-46H,3-5,7-17,20,23-24,29-31,35-38H2,1-2H3/b21-18-,22-19-,25-6-,32-26+,33-27+,34-28-/t39-,40-,41+/m1/s1. The molecule has 7 heteroatoms. The van der Waals surface area contributed by atoms with Gasteiger partial charge >= 0.3 is 11.9 Å². The fourth-order valence-corrected chi connectivity index (χ4v) is 5.18. The number of aliphatic hydroxyl groups excluding tert-OH is 3. The molecule has 0 aromatic carbocycles. The average Bonchev–Trinajstić information content (AvgIpc) is 3.10. The molecule has 0 aliphatic carbocycles. The van der Waals surface area contributed by atoms with Crippen LogP contribution < -0.4 is 0 Å². The first-order chi connectivity index (χ1) is 24.4. The Morgan fingerprint density at radius 1 is 0.600 bits per heavy atom. The second kappa shape index (κ2) is 37.5. The molecule has 0 saturated carbocycles. The Morgan fingerprint density at radius 2 is 1.16 bits per heavy atom. The summed E-state index contributed by atoms with van der Waals surface area (Å²) in [4.78, 5) is 24.2. The van der Waals surface area contributed by atoms with Gasteiger partial charge in [-0.3, -0.25) is 9.59 Å². The van der Waals surface area contributed by atoms with Crippen LogP contribution in [0.15, 0.2) is 72.9 Å². The third-order valence-corrected chi connectivity index (χ3v) is 8.19. The minimum Gasteiger partial charge on any atom is -0.462 e. The van der Waals surface area contributed by atoms with Crippen LogP contribution in [0.1, 0.15) is 155 Å². The summed E-state index contributed by atoms with van der Waals surface area (Å²) in [6, 6.07) is 0. The summed E-state index contributed by atoms with van der Waals surface area (Å²) < 4.78 is 10.5. The number of hydrogen-bond acceptors (Lipinski definition) is 7. The van der Waals surface area contributed by atoms with Crippen LogP contribution in [-0.4, -0.2) is 58.8 Å². The van der Waals surface area contributed by atoms with Gasteiger partial charge in [-0.25, -0.2) is 0 Å². The highest BCUT2D eigenvalue weighted by molar-refractivity contribution is 5.70. The van der Waals surface area contributed by atoms with Gasteiger partial charge in [0.05, 0.1) is 18.8 Å². The van der Waals surface area contributed by atoms with E-state index in [0.29, 0.717) is 25.7 Å². The molecule has 0 aromatic heterocycles. The van der Waals surface area contributed by atoms with Gasteiger partial charge in [-0.1, -0.05) is 177 Å². The van der Waals surface area contributed by atoms with E-state index in [1.807, 2.05) is 48.6 Å². The minimum absolute atomic E-state index is 0.153. The first kappa shape index (κ1) is 47.3. The summed E-state index contributed by atoms with van der Waals surface area (Å²) in [5.41, 5.74) is 0. The molecular weight excluding hydrogens is 628 g/mol. The van der Waals surface area contributed by atoms with Crippen LogP contribution in [0.25, 0.3) is 0 Å². The van der Waals surface area contributed by atoms with Crippen LogP contribution in [0, 0.1) is 0 Å². The molecule has 0 saturated heterocycles. The molecule has 0 spiro atoms. The van der Waals surface area contributed by atoms with Crippen molar-refractivity contribution in [2.24, 2.45) is 0 Å². The van der Waals surface area contributed by atoms with Crippen molar-refractivity contribution in [2.45, 2.75) is 173 Å². The Balaban J connectivity index is 3.84. The van der Waals surface area contributed by atoms with Gasteiger partial charge in [0.2, 0.25) is 0 Å². The number of esters is 2. The number of rotatable bonds is 34. The topological polar surface area (TPSA) is 113 Å². The van der Waals surface area contributed by atoms with E-state index in [9.17, 15) is 24.9 Å². The number of allylic oxidation sites excluding steroid dienone is 8. The maximum absolute atomic E-state index is 12.2. The Bertz CT molecular complexity index is 962. The van der Waals surface area contributed by atoms with Crippen molar-refractivity contribution in [1.29, 1.82) is 0 Å². The largest absolute Gasteiger partial charge is 0.462 e. The van der Waals surface area contributed by atoms with Crippen LogP contribution in [0.4, 0.5) is 0 Å². The van der Waals surface area contributed by atoms with Gasteiger partial charge in [0.25, 0.3) is 0 Å². The van der Waals surface area contributed by atoms with Gasteiger partial charge in [-0.2, -0.15) is 0 Å². The van der Waals surface area contributed by atoms with Crippen molar-refractivity contribution in [3.8, 4) is 0 Å². The quantitative estimate of drug-likeness (QED) is 0.0265. The van der Waals surface area contributed by atoms with E-state index in [4.69, 9.17) is 9.47 Å². The lowest BCUT2D eigenvalue weighted by atomic mass is 10.0. The van der Waals surface area contributed by atoms with E-state index in [1.165, 1.54) is 77.0 Å². The second-order valence-electron chi connectivity index (χ2n) is 13.0. The van der Waals surface area contributed by atoms with E-state index >= 15 is 0 Å². The van der Waals surface area contributed by atoms with Crippen molar-refractivity contribution >= 4 is 11.9 Å². The van der Waals surface area contributed by atoms with Crippen molar-refractivity contribution in [1.82, 2.24) is 0 Å². The molecule has 0 fully saturated rings. The van der Waals surface area contributed by atoms with E-state index in [-0.39, 0.29) is 19.0 Å². The highest BCUT2D eigenvalue weighted by Crippen LogP contribution is 2.14. The fraction of sp³-hybridized carbons (Fsp3) is 0.674. The molecule has 0 radical (unpaired) electrons. The summed E-state index contributed by atoms with van der Waals surface area (Å²) in [6.45, 7) is 3.78. The van der Waals surface area contributed by atoms with Crippen molar-refractivity contribution < 1.29 is 34.4 Å². The highest BCUT2D eigenvalue weighted by atomic mass is 16.6. The molecule has 0 aromatic rings. The molecule has 0 heterocycles. The molecule has 3 N–H and O–H groups in total. The Hall–Kier alpha value is -2.74. The summed E-state index contributed by atoms with van der Waals surface area (Å²) >= 11 is 0. The average molecular weight is 701 g/mol. The zero-order valence-electron chi connectivity index (χ0n) is 31.6. The lowest BCUT2D eigenvalue weighted by molar-refractivity contribution is -0.161. The van der Waals surface area contributed by atoms with E-state index in [0.717, 1.165) is 32.1 Å².